The molecule has 2 nitrogen and oxygen atoms in total. The summed E-state index contributed by atoms with van der Waals surface area (Å²) in [6.07, 6.45) is 2.24. The molecule has 1 N–H and O–H groups in total. The molecule has 128 valence electrons. The normalized spacial score (nSPS) is 12.0. The van der Waals surface area contributed by atoms with E-state index in [1.165, 1.54) is 11.1 Å². The number of phenols is 1. The molecule has 0 saturated heterocycles. The summed E-state index contributed by atoms with van der Waals surface area (Å²) < 4.78 is 5.93. The third kappa shape index (κ3) is 5.20. The van der Waals surface area contributed by atoms with Crippen LogP contribution in [0.25, 0.3) is 11.1 Å². The van der Waals surface area contributed by atoms with Crippen LogP contribution in [0.4, 0.5) is 0 Å². The summed E-state index contributed by atoms with van der Waals surface area (Å²) in [5, 5.41) is 9.37. The van der Waals surface area contributed by atoms with Crippen LogP contribution in [0.2, 0.25) is 0 Å². The minimum absolute atomic E-state index is 0.233. The zero-order chi connectivity index (χ0) is 17.5. The first kappa shape index (κ1) is 17.2. The molecule has 0 heterocycles. The number of rotatable bonds is 7. The Morgan fingerprint density at radius 1 is 0.760 bits per heavy atom. The van der Waals surface area contributed by atoms with Crippen molar-refractivity contribution in [2.45, 2.75) is 32.5 Å². The lowest BCUT2D eigenvalue weighted by Gasteiger charge is -2.13. The van der Waals surface area contributed by atoms with Crippen molar-refractivity contribution < 1.29 is 9.84 Å². The van der Waals surface area contributed by atoms with Crippen LogP contribution in [-0.4, -0.2) is 11.2 Å². The second-order valence-electron chi connectivity index (χ2n) is 6.39. The molecule has 0 aliphatic rings. The SMILES string of the molecule is CC(CCc1ccc(-c2ccc(O)cc2)cc1)OCc1ccccc1. The zero-order valence-electron chi connectivity index (χ0n) is 14.6. The summed E-state index contributed by atoms with van der Waals surface area (Å²) in [4.78, 5) is 0. The lowest BCUT2D eigenvalue weighted by atomic mass is 10.0. The average Bonchev–Trinajstić information content (AvgIpc) is 2.67. The Kier molecular flexibility index (Phi) is 5.86. The Morgan fingerprint density at radius 2 is 1.36 bits per heavy atom. The van der Waals surface area contributed by atoms with E-state index < -0.39 is 0 Å². The zero-order valence-corrected chi connectivity index (χ0v) is 14.6. The molecule has 3 aromatic carbocycles. The number of ether oxygens (including phenoxy) is 1. The van der Waals surface area contributed by atoms with Crippen molar-refractivity contribution in [1.29, 1.82) is 0 Å². The van der Waals surface area contributed by atoms with Gasteiger partial charge >= 0.3 is 0 Å². The minimum Gasteiger partial charge on any atom is -0.508 e. The van der Waals surface area contributed by atoms with Crippen LogP contribution in [0.15, 0.2) is 78.9 Å². The van der Waals surface area contributed by atoms with Crippen LogP contribution in [0.3, 0.4) is 0 Å². The average molecular weight is 332 g/mol. The Balaban J connectivity index is 1.49. The molecule has 3 rings (SSSR count). The molecule has 0 aromatic heterocycles. The summed E-state index contributed by atoms with van der Waals surface area (Å²) >= 11 is 0. The highest BCUT2D eigenvalue weighted by atomic mass is 16.5. The van der Waals surface area contributed by atoms with Gasteiger partial charge in [-0.25, -0.2) is 0 Å². The fourth-order valence-electron chi connectivity index (χ4n) is 2.78. The van der Waals surface area contributed by atoms with Crippen LogP contribution < -0.4 is 0 Å². The second kappa shape index (κ2) is 8.50. The maximum Gasteiger partial charge on any atom is 0.115 e. The Labute approximate surface area is 149 Å². The Morgan fingerprint density at radius 3 is 2.00 bits per heavy atom. The third-order valence-corrected chi connectivity index (χ3v) is 4.37. The van der Waals surface area contributed by atoms with E-state index >= 15 is 0 Å². The summed E-state index contributed by atoms with van der Waals surface area (Å²) in [7, 11) is 0. The Bertz CT molecular complexity index is 761. The van der Waals surface area contributed by atoms with Crippen molar-refractivity contribution >= 4 is 0 Å². The third-order valence-electron chi connectivity index (χ3n) is 4.37. The molecule has 3 aromatic rings. The molecule has 0 fully saturated rings. The van der Waals surface area contributed by atoms with Gasteiger partial charge in [0.2, 0.25) is 0 Å². The van der Waals surface area contributed by atoms with Crippen LogP contribution >= 0.6 is 0 Å². The van der Waals surface area contributed by atoms with Gasteiger partial charge in [-0.05, 0) is 54.2 Å². The summed E-state index contributed by atoms with van der Waals surface area (Å²) in [6.45, 7) is 2.80. The fourth-order valence-corrected chi connectivity index (χ4v) is 2.78. The number of phenolic OH excluding ortho intramolecular Hbond substituents is 1. The summed E-state index contributed by atoms with van der Waals surface area (Å²) in [5.74, 6) is 0.296. The van der Waals surface area contributed by atoms with Crippen molar-refractivity contribution in [2.24, 2.45) is 0 Å². The molecule has 0 amide bonds. The molecular weight excluding hydrogens is 308 g/mol. The number of aromatic hydroxyl groups is 1. The van der Waals surface area contributed by atoms with Crippen LogP contribution in [0, 0.1) is 0 Å². The molecular formula is C23H24O2. The highest BCUT2D eigenvalue weighted by Crippen LogP contribution is 2.22. The van der Waals surface area contributed by atoms with Crippen molar-refractivity contribution in [3.8, 4) is 16.9 Å². The fraction of sp³-hybridized carbons (Fsp3) is 0.217. The van der Waals surface area contributed by atoms with Gasteiger partial charge in [0.15, 0.2) is 0 Å². The number of hydrogen-bond acceptors (Lipinski definition) is 2. The van der Waals surface area contributed by atoms with E-state index in [0.29, 0.717) is 12.4 Å². The molecule has 1 atom stereocenters. The van der Waals surface area contributed by atoms with Crippen LogP contribution in [-0.2, 0) is 17.8 Å². The van der Waals surface area contributed by atoms with Crippen molar-refractivity contribution in [2.75, 3.05) is 0 Å². The first-order valence-corrected chi connectivity index (χ1v) is 8.74. The van der Waals surface area contributed by atoms with Gasteiger partial charge in [-0.1, -0.05) is 66.7 Å². The van der Waals surface area contributed by atoms with Crippen molar-refractivity contribution in [1.82, 2.24) is 0 Å². The lowest BCUT2D eigenvalue weighted by Crippen LogP contribution is -2.09. The largest absolute Gasteiger partial charge is 0.508 e. The van der Waals surface area contributed by atoms with E-state index in [2.05, 4.69) is 43.3 Å². The van der Waals surface area contributed by atoms with Gasteiger partial charge in [0.1, 0.15) is 5.75 Å². The molecule has 0 bridgehead atoms. The predicted octanol–water partition coefficient (Wildman–Crippen LogP) is 5.60. The smallest absolute Gasteiger partial charge is 0.115 e. The van der Waals surface area contributed by atoms with E-state index in [0.717, 1.165) is 24.0 Å². The number of hydrogen-bond donors (Lipinski definition) is 1. The molecule has 0 spiro atoms. The van der Waals surface area contributed by atoms with Crippen LogP contribution in [0.1, 0.15) is 24.5 Å². The van der Waals surface area contributed by atoms with Gasteiger partial charge in [0.25, 0.3) is 0 Å². The van der Waals surface area contributed by atoms with E-state index in [1.54, 1.807) is 12.1 Å². The van der Waals surface area contributed by atoms with E-state index in [-0.39, 0.29) is 6.10 Å². The van der Waals surface area contributed by atoms with Crippen molar-refractivity contribution in [3.05, 3.63) is 90.0 Å². The van der Waals surface area contributed by atoms with Crippen LogP contribution in [0.5, 0.6) is 5.75 Å². The first-order valence-electron chi connectivity index (χ1n) is 8.74. The van der Waals surface area contributed by atoms with Crippen molar-refractivity contribution in [3.63, 3.8) is 0 Å². The minimum atomic E-state index is 0.233. The second-order valence-corrected chi connectivity index (χ2v) is 6.39. The van der Waals surface area contributed by atoms with Gasteiger partial charge in [0.05, 0.1) is 12.7 Å². The standard InChI is InChI=1S/C23H24O2/c1-18(25-17-20-5-3-2-4-6-20)7-8-19-9-11-21(12-10-19)22-13-15-23(24)16-14-22/h2-6,9-16,18,24H,7-8,17H2,1H3. The quantitative estimate of drug-likeness (QED) is 0.610. The topological polar surface area (TPSA) is 29.5 Å². The molecule has 1 unspecified atom stereocenters. The molecule has 0 aliphatic carbocycles. The van der Waals surface area contributed by atoms with Gasteiger partial charge in [-0.3, -0.25) is 0 Å². The number of aryl methyl sites for hydroxylation is 1. The highest BCUT2D eigenvalue weighted by Gasteiger charge is 2.04. The van der Waals surface area contributed by atoms with E-state index in [4.69, 9.17) is 4.74 Å². The lowest BCUT2D eigenvalue weighted by molar-refractivity contribution is 0.0478. The maximum atomic E-state index is 9.37. The maximum absolute atomic E-state index is 9.37. The van der Waals surface area contributed by atoms with E-state index in [1.807, 2.05) is 30.3 Å². The molecule has 25 heavy (non-hydrogen) atoms. The van der Waals surface area contributed by atoms with Gasteiger partial charge in [-0.2, -0.15) is 0 Å². The predicted molar refractivity (Wildman–Crippen MR) is 103 cm³/mol. The van der Waals surface area contributed by atoms with Gasteiger partial charge in [-0.15, -0.1) is 0 Å². The first-order chi connectivity index (χ1) is 12.2. The molecule has 2 heteroatoms. The highest BCUT2D eigenvalue weighted by molar-refractivity contribution is 5.64. The van der Waals surface area contributed by atoms with Gasteiger partial charge in [0, 0.05) is 0 Å². The van der Waals surface area contributed by atoms with Gasteiger partial charge < -0.3 is 9.84 Å². The monoisotopic (exact) mass is 332 g/mol. The van der Waals surface area contributed by atoms with E-state index in [9.17, 15) is 5.11 Å². The molecule has 0 aliphatic heterocycles. The molecule has 0 radical (unpaired) electrons. The Hall–Kier alpha value is -2.58. The summed E-state index contributed by atoms with van der Waals surface area (Å²) in [5.41, 5.74) is 4.81. The molecule has 0 saturated carbocycles. The number of benzene rings is 3. The summed E-state index contributed by atoms with van der Waals surface area (Å²) in [6, 6.07) is 26.2.